The second kappa shape index (κ2) is 6.88. The zero-order valence-electron chi connectivity index (χ0n) is 13.4. The number of sulfonamides is 1. The Morgan fingerprint density at radius 3 is 2.41 bits per heavy atom. The van der Waals surface area contributed by atoms with Gasteiger partial charge in [0.05, 0.1) is 22.7 Å². The molecule has 8 nitrogen and oxygen atoms in total. The lowest BCUT2D eigenvalue weighted by Gasteiger charge is -2.17. The van der Waals surface area contributed by atoms with Crippen LogP contribution < -0.4 is 16.0 Å². The first-order valence-corrected chi connectivity index (χ1v) is 8.73. The number of rotatable bonds is 4. The van der Waals surface area contributed by atoms with E-state index in [1.165, 1.54) is 13.0 Å². The van der Waals surface area contributed by atoms with Gasteiger partial charge in [0.25, 0.3) is 5.56 Å². The van der Waals surface area contributed by atoms with Crippen LogP contribution in [0.2, 0.25) is 0 Å². The van der Waals surface area contributed by atoms with E-state index in [0.717, 1.165) is 0 Å². The zero-order valence-corrected chi connectivity index (χ0v) is 14.2. The maximum absolute atomic E-state index is 14.3. The number of nitriles is 1. The lowest BCUT2D eigenvalue weighted by Crippen LogP contribution is -2.34. The molecule has 0 spiro atoms. The van der Waals surface area contributed by atoms with Gasteiger partial charge in [-0.1, -0.05) is 0 Å². The Morgan fingerprint density at radius 1 is 1.26 bits per heavy atom. The molecule has 2 rings (SSSR count). The van der Waals surface area contributed by atoms with Gasteiger partial charge in [-0.05, 0) is 19.1 Å². The maximum atomic E-state index is 14.3. The summed E-state index contributed by atoms with van der Waals surface area (Å²) in [6, 6.07) is 2.58. The highest BCUT2D eigenvalue weighted by molar-refractivity contribution is 7.92. The summed E-state index contributed by atoms with van der Waals surface area (Å²) >= 11 is 0. The first-order chi connectivity index (χ1) is 12.4. The molecule has 0 saturated carbocycles. The van der Waals surface area contributed by atoms with Crippen molar-refractivity contribution in [2.45, 2.75) is 13.1 Å². The summed E-state index contributed by atoms with van der Waals surface area (Å²) in [6.07, 6.45) is -5.20. The Kier molecular flexibility index (Phi) is 5.14. The summed E-state index contributed by atoms with van der Waals surface area (Å²) in [6.45, 7) is 1.26. The largest absolute Gasteiger partial charge is 0.432 e. The average Bonchev–Trinajstić information content (AvgIpc) is 2.55. The van der Waals surface area contributed by atoms with Gasteiger partial charge >= 0.3 is 11.9 Å². The molecule has 0 atom stereocenters. The van der Waals surface area contributed by atoms with Crippen LogP contribution in [0.5, 0.6) is 0 Å². The number of H-pyrrole nitrogens is 1. The van der Waals surface area contributed by atoms with E-state index in [-0.39, 0.29) is 10.6 Å². The van der Waals surface area contributed by atoms with Gasteiger partial charge in [0, 0.05) is 6.07 Å². The van der Waals surface area contributed by atoms with Crippen LogP contribution in [-0.4, -0.2) is 23.7 Å². The molecule has 2 aromatic rings. The summed E-state index contributed by atoms with van der Waals surface area (Å²) in [5.74, 6) is -1.84. The van der Waals surface area contributed by atoms with Gasteiger partial charge in [-0.15, -0.1) is 0 Å². The molecule has 0 amide bonds. The summed E-state index contributed by atoms with van der Waals surface area (Å²) in [7, 11) is -3.96. The molecule has 1 heterocycles. The molecule has 0 saturated heterocycles. The van der Waals surface area contributed by atoms with Crippen molar-refractivity contribution in [1.82, 2.24) is 9.55 Å². The predicted molar refractivity (Wildman–Crippen MR) is 85.4 cm³/mol. The smallest absolute Gasteiger partial charge is 0.282 e. The molecule has 27 heavy (non-hydrogen) atoms. The molecular formula is C14H10F4N4O4S. The molecule has 2 N–H and O–H groups in total. The van der Waals surface area contributed by atoms with E-state index in [0.29, 0.717) is 12.1 Å². The predicted octanol–water partition coefficient (Wildman–Crippen LogP) is 1.32. The van der Waals surface area contributed by atoms with Gasteiger partial charge < -0.3 is 0 Å². The van der Waals surface area contributed by atoms with E-state index >= 15 is 0 Å². The number of benzene rings is 1. The fourth-order valence-corrected chi connectivity index (χ4v) is 2.74. The number of aromatic nitrogens is 2. The van der Waals surface area contributed by atoms with Crippen molar-refractivity contribution >= 4 is 15.7 Å². The third kappa shape index (κ3) is 4.17. The normalized spacial score (nSPS) is 11.9. The molecule has 0 aliphatic heterocycles. The van der Waals surface area contributed by atoms with E-state index in [1.54, 1.807) is 4.98 Å². The Hall–Kier alpha value is -3.14. The van der Waals surface area contributed by atoms with E-state index in [1.807, 2.05) is 4.72 Å². The second-order valence-electron chi connectivity index (χ2n) is 5.12. The number of nitrogens with one attached hydrogen (secondary N) is 2. The second-order valence-corrected chi connectivity index (χ2v) is 7.13. The lowest BCUT2D eigenvalue weighted by molar-refractivity contribution is -0.143. The minimum atomic E-state index is -5.20. The highest BCUT2D eigenvalue weighted by Gasteiger charge is 2.36. The Balaban J connectivity index is 2.88. The van der Waals surface area contributed by atoms with Crippen molar-refractivity contribution in [1.29, 1.82) is 5.26 Å². The Labute approximate surface area is 148 Å². The molecular weight excluding hydrogens is 396 g/mol. The summed E-state index contributed by atoms with van der Waals surface area (Å²) in [4.78, 5) is 24.7. The van der Waals surface area contributed by atoms with Crippen LogP contribution in [0.15, 0.2) is 27.8 Å². The van der Waals surface area contributed by atoms with Crippen LogP contribution in [0, 0.1) is 17.1 Å². The average molecular weight is 406 g/mol. The van der Waals surface area contributed by atoms with Crippen molar-refractivity contribution in [2.24, 2.45) is 0 Å². The third-order valence-electron chi connectivity index (χ3n) is 3.33. The number of halogens is 4. The molecule has 0 aliphatic carbocycles. The maximum Gasteiger partial charge on any atom is 0.432 e. The first kappa shape index (κ1) is 20.2. The van der Waals surface area contributed by atoms with Gasteiger partial charge in [0.15, 0.2) is 0 Å². The van der Waals surface area contributed by atoms with E-state index < -0.39 is 61.7 Å². The van der Waals surface area contributed by atoms with Crippen molar-refractivity contribution in [3.63, 3.8) is 0 Å². The highest BCUT2D eigenvalue weighted by atomic mass is 32.2. The van der Waals surface area contributed by atoms with Crippen molar-refractivity contribution in [2.75, 3.05) is 10.5 Å². The fourth-order valence-electron chi connectivity index (χ4n) is 2.09. The SMILES string of the molecule is CCS(=O)(=O)Nc1cc(-n2c(C(F)(F)F)cc(=O)[nH]c2=O)c(F)cc1C#N. The van der Waals surface area contributed by atoms with Gasteiger partial charge in [0.1, 0.15) is 17.6 Å². The van der Waals surface area contributed by atoms with Gasteiger partial charge in [-0.25, -0.2) is 17.6 Å². The van der Waals surface area contributed by atoms with E-state index in [4.69, 9.17) is 5.26 Å². The number of hydrogen-bond donors (Lipinski definition) is 2. The number of anilines is 1. The fraction of sp³-hybridized carbons (Fsp3) is 0.214. The molecule has 0 bridgehead atoms. The molecule has 144 valence electrons. The molecule has 1 aromatic carbocycles. The quantitative estimate of drug-likeness (QED) is 0.741. The van der Waals surface area contributed by atoms with Gasteiger partial charge in [0.2, 0.25) is 10.0 Å². The zero-order chi connectivity index (χ0) is 20.6. The molecule has 0 fully saturated rings. The van der Waals surface area contributed by atoms with Crippen LogP contribution in [0.1, 0.15) is 18.2 Å². The number of hydrogen-bond acceptors (Lipinski definition) is 5. The van der Waals surface area contributed by atoms with Crippen LogP contribution in [-0.2, 0) is 16.2 Å². The molecule has 0 aliphatic rings. The lowest BCUT2D eigenvalue weighted by atomic mass is 10.1. The minimum Gasteiger partial charge on any atom is -0.282 e. The Bertz CT molecular complexity index is 1160. The standard InChI is InChI=1S/C14H10F4N4O4S/c1-2-27(25,26)21-9-4-10(8(15)3-7(9)6-19)22-11(14(16,17)18)5-12(23)20-13(22)24/h3-5,21H,2H2,1H3,(H,20,23,24). The molecule has 0 unspecified atom stereocenters. The van der Waals surface area contributed by atoms with E-state index in [9.17, 15) is 35.6 Å². The summed E-state index contributed by atoms with van der Waals surface area (Å²) in [5, 5.41) is 9.00. The highest BCUT2D eigenvalue weighted by Crippen LogP contribution is 2.31. The number of alkyl halides is 3. The number of aromatic amines is 1. The third-order valence-corrected chi connectivity index (χ3v) is 4.62. The van der Waals surface area contributed by atoms with Crippen molar-refractivity contribution in [3.05, 3.63) is 56.1 Å². The summed E-state index contributed by atoms with van der Waals surface area (Å²) < 4.78 is 79.1. The minimum absolute atomic E-state index is 0.0505. The molecule has 0 radical (unpaired) electrons. The number of nitrogens with zero attached hydrogens (tertiary/aromatic N) is 2. The van der Waals surface area contributed by atoms with Crippen molar-refractivity contribution in [3.8, 4) is 11.8 Å². The van der Waals surface area contributed by atoms with Crippen LogP contribution in [0.4, 0.5) is 23.2 Å². The van der Waals surface area contributed by atoms with Gasteiger partial charge in [-0.3, -0.25) is 19.1 Å². The van der Waals surface area contributed by atoms with Gasteiger partial charge in [-0.2, -0.15) is 18.4 Å². The molecule has 1 aromatic heterocycles. The Morgan fingerprint density at radius 2 is 1.89 bits per heavy atom. The van der Waals surface area contributed by atoms with Crippen LogP contribution in [0.3, 0.4) is 0 Å². The topological polar surface area (TPSA) is 125 Å². The first-order valence-electron chi connectivity index (χ1n) is 7.07. The monoisotopic (exact) mass is 406 g/mol. The van der Waals surface area contributed by atoms with Crippen molar-refractivity contribution < 1.29 is 26.0 Å². The molecule has 13 heteroatoms. The van der Waals surface area contributed by atoms with Crippen LogP contribution in [0.25, 0.3) is 5.69 Å². The van der Waals surface area contributed by atoms with E-state index in [2.05, 4.69) is 0 Å². The summed E-state index contributed by atoms with van der Waals surface area (Å²) in [5.41, 5.74) is -6.77. The van der Waals surface area contributed by atoms with Crippen LogP contribution >= 0.6 is 0 Å².